The lowest BCUT2D eigenvalue weighted by molar-refractivity contribution is -0.132. The second-order valence-corrected chi connectivity index (χ2v) is 7.81. The summed E-state index contributed by atoms with van der Waals surface area (Å²) in [6.45, 7) is 6.59. The van der Waals surface area contributed by atoms with Gasteiger partial charge in [0.25, 0.3) is 0 Å². The van der Waals surface area contributed by atoms with E-state index in [-0.39, 0.29) is 5.91 Å². The van der Waals surface area contributed by atoms with Gasteiger partial charge in [0.1, 0.15) is 5.82 Å². The molecule has 0 aliphatic carbocycles. The number of hydrogen-bond acceptors (Lipinski definition) is 3. The molecular formula is C19H25N3OS. The summed E-state index contributed by atoms with van der Waals surface area (Å²) in [4.78, 5) is 20.0. The summed E-state index contributed by atoms with van der Waals surface area (Å²) < 4.78 is 2.04. The molecule has 5 heteroatoms. The van der Waals surface area contributed by atoms with Gasteiger partial charge < -0.3 is 9.47 Å². The third-order valence-electron chi connectivity index (χ3n) is 4.58. The Bertz CT molecular complexity index is 689. The highest BCUT2D eigenvalue weighted by Crippen LogP contribution is 2.30. The first-order valence-corrected chi connectivity index (χ1v) is 9.48. The lowest BCUT2D eigenvalue weighted by atomic mass is 10.1. The van der Waals surface area contributed by atoms with Gasteiger partial charge in [0.05, 0.1) is 0 Å². The van der Waals surface area contributed by atoms with Gasteiger partial charge >= 0.3 is 0 Å². The number of likely N-dealkylation sites (tertiary alicyclic amines) is 1. The largest absolute Gasteiger partial charge is 0.343 e. The first-order chi connectivity index (χ1) is 11.6. The zero-order chi connectivity index (χ0) is 16.9. The molecule has 3 rings (SSSR count). The fraction of sp³-hybridized carbons (Fsp3) is 0.474. The maximum Gasteiger partial charge on any atom is 0.224 e. The van der Waals surface area contributed by atoms with Crippen LogP contribution in [-0.2, 0) is 11.3 Å². The molecule has 0 atom stereocenters. The number of benzene rings is 1. The van der Waals surface area contributed by atoms with Gasteiger partial charge in [-0.15, -0.1) is 11.8 Å². The quantitative estimate of drug-likeness (QED) is 0.831. The maximum atomic E-state index is 12.4. The van der Waals surface area contributed by atoms with Gasteiger partial charge in [-0.2, -0.15) is 0 Å². The van der Waals surface area contributed by atoms with Crippen molar-refractivity contribution in [1.29, 1.82) is 0 Å². The normalized spacial score (nSPS) is 15.7. The van der Waals surface area contributed by atoms with Crippen LogP contribution in [0.1, 0.15) is 30.7 Å². The van der Waals surface area contributed by atoms with Crippen LogP contribution in [0.4, 0.5) is 0 Å². The molecule has 128 valence electrons. The summed E-state index contributed by atoms with van der Waals surface area (Å²) in [6.07, 6.45) is 6.44. The van der Waals surface area contributed by atoms with Crippen molar-refractivity contribution in [2.45, 2.75) is 49.8 Å². The number of nitrogens with zero attached hydrogens (tertiary/aromatic N) is 3. The van der Waals surface area contributed by atoms with Gasteiger partial charge in [-0.05, 0) is 38.8 Å². The van der Waals surface area contributed by atoms with Gasteiger partial charge in [0.15, 0.2) is 0 Å². The fourth-order valence-corrected chi connectivity index (χ4v) is 4.36. The van der Waals surface area contributed by atoms with E-state index in [0.29, 0.717) is 11.7 Å². The van der Waals surface area contributed by atoms with Crippen molar-refractivity contribution in [2.24, 2.45) is 0 Å². The van der Waals surface area contributed by atoms with Crippen molar-refractivity contribution in [2.75, 3.05) is 13.1 Å². The Hall–Kier alpha value is -1.75. The highest BCUT2D eigenvalue weighted by atomic mass is 32.2. The molecule has 4 nitrogen and oxygen atoms in total. The Kier molecular flexibility index (Phi) is 5.61. The molecule has 1 fully saturated rings. The molecule has 1 aromatic carbocycles. The van der Waals surface area contributed by atoms with Gasteiger partial charge in [0.2, 0.25) is 5.91 Å². The number of carbonyl (C=O) groups is 1. The average molecular weight is 343 g/mol. The van der Waals surface area contributed by atoms with E-state index in [1.165, 1.54) is 10.5 Å². The van der Waals surface area contributed by atoms with Crippen LogP contribution >= 0.6 is 11.8 Å². The number of hydrogen-bond donors (Lipinski definition) is 0. The van der Waals surface area contributed by atoms with Gasteiger partial charge in [0, 0.05) is 48.6 Å². The number of imidazole rings is 1. The molecule has 0 unspecified atom stereocenters. The number of thioether (sulfide) groups is 1. The van der Waals surface area contributed by atoms with Crippen LogP contribution in [0.15, 0.2) is 41.6 Å². The van der Waals surface area contributed by atoms with Crippen molar-refractivity contribution < 1.29 is 4.79 Å². The molecule has 1 aliphatic rings. The lowest BCUT2D eigenvalue weighted by Gasteiger charge is -2.32. The van der Waals surface area contributed by atoms with E-state index in [9.17, 15) is 4.79 Å². The lowest BCUT2D eigenvalue weighted by Crippen LogP contribution is -2.39. The zero-order valence-electron chi connectivity index (χ0n) is 14.4. The Balaban J connectivity index is 1.44. The van der Waals surface area contributed by atoms with Gasteiger partial charge in [-0.3, -0.25) is 4.79 Å². The first kappa shape index (κ1) is 17.1. The van der Waals surface area contributed by atoms with Crippen LogP contribution in [0.25, 0.3) is 0 Å². The summed E-state index contributed by atoms with van der Waals surface area (Å²) in [5.41, 5.74) is 1.31. The SMILES string of the molecule is Cc1cccc(SC2CCN(C(=O)CCn3ccnc3C)CC2)c1. The standard InChI is InChI=1S/C19H25N3OS/c1-15-4-3-5-18(14-15)24-17-6-10-22(11-7-17)19(23)8-12-21-13-9-20-16(21)2/h3-5,9,13-14,17H,6-8,10-12H2,1-2H3. The molecule has 2 heterocycles. The molecule has 0 N–H and O–H groups in total. The molecule has 0 saturated carbocycles. The number of piperidine rings is 1. The Labute approximate surface area is 148 Å². The van der Waals surface area contributed by atoms with Crippen molar-refractivity contribution in [3.05, 3.63) is 48.0 Å². The molecule has 0 spiro atoms. The van der Waals surface area contributed by atoms with Gasteiger partial charge in [-0.25, -0.2) is 4.98 Å². The third-order valence-corrected chi connectivity index (χ3v) is 5.91. The summed E-state index contributed by atoms with van der Waals surface area (Å²) >= 11 is 1.96. The van der Waals surface area contributed by atoms with E-state index in [1.807, 2.05) is 34.3 Å². The van der Waals surface area contributed by atoms with E-state index in [2.05, 4.69) is 36.2 Å². The molecule has 0 bridgehead atoms. The van der Waals surface area contributed by atoms with E-state index in [1.54, 1.807) is 6.20 Å². The topological polar surface area (TPSA) is 38.1 Å². The molecule has 24 heavy (non-hydrogen) atoms. The minimum absolute atomic E-state index is 0.266. The van der Waals surface area contributed by atoms with E-state index >= 15 is 0 Å². The van der Waals surface area contributed by atoms with Crippen LogP contribution in [0.5, 0.6) is 0 Å². The molecule has 1 aromatic heterocycles. The number of amides is 1. The van der Waals surface area contributed by atoms with Crippen molar-refractivity contribution >= 4 is 17.7 Å². The molecule has 1 amide bonds. The number of aryl methyl sites for hydroxylation is 3. The van der Waals surface area contributed by atoms with Crippen LogP contribution < -0.4 is 0 Å². The second-order valence-electron chi connectivity index (χ2n) is 6.43. The Morgan fingerprint density at radius 3 is 2.75 bits per heavy atom. The maximum absolute atomic E-state index is 12.4. The molecular weight excluding hydrogens is 318 g/mol. The van der Waals surface area contributed by atoms with E-state index < -0.39 is 0 Å². The van der Waals surface area contributed by atoms with Crippen molar-refractivity contribution in [3.8, 4) is 0 Å². The Morgan fingerprint density at radius 1 is 1.29 bits per heavy atom. The fourth-order valence-electron chi connectivity index (χ4n) is 3.12. The summed E-state index contributed by atoms with van der Waals surface area (Å²) in [5, 5.41) is 0.617. The van der Waals surface area contributed by atoms with E-state index in [0.717, 1.165) is 38.3 Å². The molecule has 0 radical (unpaired) electrons. The predicted molar refractivity (Wildman–Crippen MR) is 98.2 cm³/mol. The van der Waals surface area contributed by atoms with Crippen LogP contribution in [0.3, 0.4) is 0 Å². The van der Waals surface area contributed by atoms with E-state index in [4.69, 9.17) is 0 Å². The molecule has 1 aliphatic heterocycles. The molecule has 2 aromatic rings. The van der Waals surface area contributed by atoms with Crippen molar-refractivity contribution in [1.82, 2.24) is 14.5 Å². The van der Waals surface area contributed by atoms with Crippen molar-refractivity contribution in [3.63, 3.8) is 0 Å². The number of rotatable bonds is 5. The van der Waals surface area contributed by atoms with Crippen LogP contribution in [-0.4, -0.2) is 38.7 Å². The second kappa shape index (κ2) is 7.88. The van der Waals surface area contributed by atoms with Crippen LogP contribution in [0.2, 0.25) is 0 Å². The summed E-state index contributed by atoms with van der Waals surface area (Å²) in [5.74, 6) is 1.23. The predicted octanol–water partition coefficient (Wildman–Crippen LogP) is 3.67. The minimum atomic E-state index is 0.266. The number of carbonyl (C=O) groups excluding carboxylic acids is 1. The third kappa shape index (κ3) is 4.41. The summed E-state index contributed by atoms with van der Waals surface area (Å²) in [6, 6.07) is 8.68. The highest BCUT2D eigenvalue weighted by Gasteiger charge is 2.23. The van der Waals surface area contributed by atoms with Gasteiger partial charge in [-0.1, -0.05) is 17.7 Å². The zero-order valence-corrected chi connectivity index (χ0v) is 15.3. The number of aromatic nitrogens is 2. The smallest absolute Gasteiger partial charge is 0.224 e. The summed E-state index contributed by atoms with van der Waals surface area (Å²) in [7, 11) is 0. The average Bonchev–Trinajstić information content (AvgIpc) is 2.98. The highest BCUT2D eigenvalue weighted by molar-refractivity contribution is 8.00. The van der Waals surface area contributed by atoms with Crippen LogP contribution in [0, 0.1) is 13.8 Å². The Morgan fingerprint density at radius 2 is 2.08 bits per heavy atom. The first-order valence-electron chi connectivity index (χ1n) is 8.60. The minimum Gasteiger partial charge on any atom is -0.343 e. The monoisotopic (exact) mass is 343 g/mol. The molecule has 1 saturated heterocycles.